The summed E-state index contributed by atoms with van der Waals surface area (Å²) in [5.74, 6) is 1.96. The van der Waals surface area contributed by atoms with Crippen molar-refractivity contribution in [3.63, 3.8) is 0 Å². The number of rotatable bonds is 5. The Labute approximate surface area is 152 Å². The summed E-state index contributed by atoms with van der Waals surface area (Å²) in [6, 6.07) is 11.4. The highest BCUT2D eigenvalue weighted by Gasteiger charge is 2.37. The van der Waals surface area contributed by atoms with Crippen molar-refractivity contribution in [1.82, 2.24) is 4.90 Å². The molecule has 0 N–H and O–H groups in total. The molecule has 4 rings (SSSR count). The van der Waals surface area contributed by atoms with Crippen LogP contribution in [0.5, 0.6) is 5.75 Å². The Hall–Kier alpha value is -2.76. The predicted octanol–water partition coefficient (Wildman–Crippen LogP) is 2.89. The zero-order chi connectivity index (χ0) is 18.3. The summed E-state index contributed by atoms with van der Waals surface area (Å²) in [6.07, 6.45) is 1.39. The molecule has 1 atom stereocenters. The van der Waals surface area contributed by atoms with Gasteiger partial charge in [0.2, 0.25) is 5.91 Å². The smallest absolute Gasteiger partial charge is 0.268 e. The Balaban J connectivity index is 1.55. The van der Waals surface area contributed by atoms with E-state index in [1.165, 1.54) is 4.90 Å². The monoisotopic (exact) mass is 354 g/mol. The van der Waals surface area contributed by atoms with Gasteiger partial charge in [-0.15, -0.1) is 0 Å². The molecular formula is C20H22N2O4. The molecule has 0 bridgehead atoms. The quantitative estimate of drug-likeness (QED) is 0.828. The van der Waals surface area contributed by atoms with Gasteiger partial charge in [-0.25, -0.2) is 0 Å². The number of aryl methyl sites for hydroxylation is 1. The summed E-state index contributed by atoms with van der Waals surface area (Å²) in [6.45, 7) is 4.05. The predicted molar refractivity (Wildman–Crippen MR) is 95.9 cm³/mol. The third-order valence-electron chi connectivity index (χ3n) is 4.80. The van der Waals surface area contributed by atoms with Gasteiger partial charge in [0.25, 0.3) is 5.91 Å². The van der Waals surface area contributed by atoms with Crippen LogP contribution in [-0.4, -0.2) is 35.4 Å². The number of furan rings is 1. The van der Waals surface area contributed by atoms with Gasteiger partial charge in [0.1, 0.15) is 23.8 Å². The topological polar surface area (TPSA) is 63.0 Å². The maximum absolute atomic E-state index is 13.0. The van der Waals surface area contributed by atoms with Crippen LogP contribution in [0.3, 0.4) is 0 Å². The van der Waals surface area contributed by atoms with Gasteiger partial charge in [-0.2, -0.15) is 0 Å². The Bertz CT molecular complexity index is 840. The van der Waals surface area contributed by atoms with Crippen LogP contribution >= 0.6 is 0 Å². The van der Waals surface area contributed by atoms with Gasteiger partial charge in [0.05, 0.1) is 12.2 Å². The number of fused-ring (bicyclic) bond motifs is 1. The van der Waals surface area contributed by atoms with Crippen molar-refractivity contribution in [2.24, 2.45) is 0 Å². The van der Waals surface area contributed by atoms with Crippen molar-refractivity contribution < 1.29 is 18.7 Å². The minimum Gasteiger partial charge on any atom is -0.479 e. The van der Waals surface area contributed by atoms with E-state index in [9.17, 15) is 9.59 Å². The fourth-order valence-corrected chi connectivity index (χ4v) is 3.29. The largest absolute Gasteiger partial charge is 0.479 e. The summed E-state index contributed by atoms with van der Waals surface area (Å²) >= 11 is 0. The second-order valence-electron chi connectivity index (χ2n) is 6.92. The number of hydrogen-bond acceptors (Lipinski definition) is 4. The molecule has 136 valence electrons. The number of nitrogens with zero attached hydrogens (tertiary/aromatic N) is 2. The number of carbonyl (C=O) groups is 2. The summed E-state index contributed by atoms with van der Waals surface area (Å²) < 4.78 is 11.3. The first-order valence-electron chi connectivity index (χ1n) is 8.95. The number of ether oxygens (including phenoxy) is 1. The molecule has 0 spiro atoms. The molecule has 6 heteroatoms. The second-order valence-corrected chi connectivity index (χ2v) is 6.92. The molecule has 2 heterocycles. The number of anilines is 1. The first kappa shape index (κ1) is 16.7. The number of amides is 2. The average molecular weight is 354 g/mol. The van der Waals surface area contributed by atoms with Crippen molar-refractivity contribution >= 4 is 17.5 Å². The van der Waals surface area contributed by atoms with E-state index < -0.39 is 6.10 Å². The molecule has 0 radical (unpaired) electrons. The molecule has 1 aromatic heterocycles. The molecule has 26 heavy (non-hydrogen) atoms. The molecule has 1 aromatic carbocycles. The lowest BCUT2D eigenvalue weighted by Crippen LogP contribution is -2.49. The Kier molecular flexibility index (Phi) is 4.18. The molecule has 2 aromatic rings. The van der Waals surface area contributed by atoms with Crippen LogP contribution in [0.2, 0.25) is 0 Å². The highest BCUT2D eigenvalue weighted by atomic mass is 16.5. The third-order valence-corrected chi connectivity index (χ3v) is 4.80. The second kappa shape index (κ2) is 6.52. The van der Waals surface area contributed by atoms with Gasteiger partial charge in [-0.3, -0.25) is 14.5 Å². The van der Waals surface area contributed by atoms with Crippen LogP contribution in [0.15, 0.2) is 40.8 Å². The van der Waals surface area contributed by atoms with E-state index >= 15 is 0 Å². The lowest BCUT2D eigenvalue weighted by Gasteiger charge is -2.34. The summed E-state index contributed by atoms with van der Waals surface area (Å²) in [5.41, 5.74) is 0.647. The van der Waals surface area contributed by atoms with Crippen molar-refractivity contribution in [2.75, 3.05) is 11.4 Å². The first-order chi connectivity index (χ1) is 12.5. The van der Waals surface area contributed by atoms with Gasteiger partial charge in [0, 0.05) is 6.04 Å². The maximum Gasteiger partial charge on any atom is 0.268 e. The Morgan fingerprint density at radius 3 is 2.69 bits per heavy atom. The normalized spacial score (nSPS) is 19.1. The highest BCUT2D eigenvalue weighted by Crippen LogP contribution is 2.34. The lowest BCUT2D eigenvalue weighted by molar-refractivity contribution is -0.134. The molecule has 2 amide bonds. The summed E-state index contributed by atoms with van der Waals surface area (Å²) in [5, 5.41) is 0. The van der Waals surface area contributed by atoms with E-state index in [0.29, 0.717) is 18.0 Å². The number of benzene rings is 1. The Morgan fingerprint density at radius 1 is 1.23 bits per heavy atom. The van der Waals surface area contributed by atoms with Gasteiger partial charge < -0.3 is 14.1 Å². The molecule has 1 fully saturated rings. The number of para-hydroxylation sites is 2. The zero-order valence-electron chi connectivity index (χ0n) is 15.0. The van der Waals surface area contributed by atoms with E-state index in [4.69, 9.17) is 9.15 Å². The van der Waals surface area contributed by atoms with Gasteiger partial charge in [-0.05, 0) is 51.0 Å². The zero-order valence-corrected chi connectivity index (χ0v) is 15.0. The minimum atomic E-state index is -0.597. The summed E-state index contributed by atoms with van der Waals surface area (Å²) in [4.78, 5) is 29.0. The molecular weight excluding hydrogens is 332 g/mol. The van der Waals surface area contributed by atoms with Crippen molar-refractivity contribution in [2.45, 2.75) is 45.4 Å². The molecule has 0 saturated heterocycles. The number of hydrogen-bond donors (Lipinski definition) is 0. The molecule has 6 nitrogen and oxygen atoms in total. The lowest BCUT2D eigenvalue weighted by atomic mass is 10.2. The minimum absolute atomic E-state index is 0.0136. The fourth-order valence-electron chi connectivity index (χ4n) is 3.29. The van der Waals surface area contributed by atoms with Gasteiger partial charge >= 0.3 is 0 Å². The molecule has 1 aliphatic carbocycles. The molecule has 1 aliphatic heterocycles. The molecule has 2 aliphatic rings. The van der Waals surface area contributed by atoms with Gasteiger partial charge in [-0.1, -0.05) is 12.1 Å². The molecule has 1 saturated carbocycles. The van der Waals surface area contributed by atoms with Crippen LogP contribution in [0.4, 0.5) is 5.69 Å². The van der Waals surface area contributed by atoms with Crippen molar-refractivity contribution in [3.8, 4) is 5.75 Å². The Morgan fingerprint density at radius 2 is 2.00 bits per heavy atom. The van der Waals surface area contributed by atoms with Gasteiger partial charge in [0.15, 0.2) is 6.10 Å². The number of carbonyl (C=O) groups excluding carboxylic acids is 2. The highest BCUT2D eigenvalue weighted by molar-refractivity contribution is 6.03. The van der Waals surface area contributed by atoms with E-state index in [-0.39, 0.29) is 24.4 Å². The van der Waals surface area contributed by atoms with Crippen molar-refractivity contribution in [1.29, 1.82) is 0 Å². The third kappa shape index (κ3) is 3.19. The van der Waals surface area contributed by atoms with E-state index in [2.05, 4.69) is 0 Å². The van der Waals surface area contributed by atoms with Crippen LogP contribution in [-0.2, 0) is 16.1 Å². The molecule has 0 unspecified atom stereocenters. The first-order valence-corrected chi connectivity index (χ1v) is 8.95. The summed E-state index contributed by atoms with van der Waals surface area (Å²) in [7, 11) is 0. The average Bonchev–Trinajstić information content (AvgIpc) is 3.38. The van der Waals surface area contributed by atoms with Crippen LogP contribution in [0, 0.1) is 6.92 Å². The van der Waals surface area contributed by atoms with Crippen LogP contribution in [0.1, 0.15) is 31.3 Å². The standard InChI is InChI=1S/C20H22N2O4/c1-13-7-10-16(25-13)11-21(15-8-9-15)19(23)12-22-17-5-3-4-6-18(17)26-14(2)20(22)24/h3-7,10,14-15H,8-9,11-12H2,1-2H3/t14-/m1/s1. The van der Waals surface area contributed by atoms with Crippen LogP contribution < -0.4 is 9.64 Å². The maximum atomic E-state index is 13.0. The van der Waals surface area contributed by atoms with E-state index in [0.717, 1.165) is 24.4 Å². The van der Waals surface area contributed by atoms with Crippen molar-refractivity contribution in [3.05, 3.63) is 47.9 Å². The van der Waals surface area contributed by atoms with Crippen LogP contribution in [0.25, 0.3) is 0 Å². The van der Waals surface area contributed by atoms with E-state index in [1.54, 1.807) is 6.92 Å². The fraction of sp³-hybridized carbons (Fsp3) is 0.400. The van der Waals surface area contributed by atoms with E-state index in [1.807, 2.05) is 48.2 Å². The SMILES string of the molecule is Cc1ccc(CN(C(=O)CN2C(=O)[C@@H](C)Oc3ccccc32)C2CC2)o1.